The van der Waals surface area contributed by atoms with Crippen LogP contribution in [0, 0.1) is 18.3 Å². The molecule has 0 aromatic rings. The van der Waals surface area contributed by atoms with Gasteiger partial charge in [-0.05, 0) is 6.42 Å². The van der Waals surface area contributed by atoms with Gasteiger partial charge in [0.1, 0.15) is 6.10 Å². The van der Waals surface area contributed by atoms with Crippen molar-refractivity contribution in [2.45, 2.75) is 51.6 Å². The van der Waals surface area contributed by atoms with Crippen LogP contribution < -0.4 is 0 Å². The molecule has 8 heteroatoms. The van der Waals surface area contributed by atoms with Crippen LogP contribution in [0.4, 0.5) is 0 Å². The predicted octanol–water partition coefficient (Wildman–Crippen LogP) is 1.39. The quantitative estimate of drug-likeness (QED) is 0.216. The minimum absolute atomic E-state index is 0.204. The van der Waals surface area contributed by atoms with E-state index < -0.39 is 33.9 Å². The number of hydrogen-bond acceptors (Lipinski definition) is 7. The Morgan fingerprint density at radius 1 is 1.31 bits per heavy atom. The van der Waals surface area contributed by atoms with Crippen molar-refractivity contribution < 1.29 is 27.2 Å². The summed E-state index contributed by atoms with van der Waals surface area (Å²) in [5.41, 5.74) is 0. The van der Waals surface area contributed by atoms with E-state index in [-0.39, 0.29) is 13.0 Å². The Morgan fingerprint density at radius 2 is 2.00 bits per heavy atom. The lowest BCUT2D eigenvalue weighted by Gasteiger charge is -2.31. The first-order chi connectivity index (χ1) is 12.4. The molecule has 1 fully saturated rings. The average Bonchev–Trinajstić information content (AvgIpc) is 2.57. The molecule has 0 radical (unpaired) electrons. The van der Waals surface area contributed by atoms with Crippen LogP contribution in [0.25, 0.3) is 0 Å². The number of rotatable bonds is 12. The molecule has 2 unspecified atom stereocenters. The Bertz CT molecular complexity index is 551. The van der Waals surface area contributed by atoms with Crippen LogP contribution in [0.2, 0.25) is 0 Å². The summed E-state index contributed by atoms with van der Waals surface area (Å²) in [4.78, 5) is 14.4. The monoisotopic (exact) mass is 388 g/mol. The van der Waals surface area contributed by atoms with Crippen molar-refractivity contribution in [1.82, 2.24) is 4.90 Å². The third-order valence-electron chi connectivity index (χ3n) is 4.34. The van der Waals surface area contributed by atoms with Gasteiger partial charge in [-0.2, -0.15) is 0 Å². The number of esters is 1. The van der Waals surface area contributed by atoms with Crippen molar-refractivity contribution in [2.24, 2.45) is 5.92 Å². The van der Waals surface area contributed by atoms with E-state index >= 15 is 0 Å². The third-order valence-corrected chi connectivity index (χ3v) is 5.12. The van der Waals surface area contributed by atoms with Crippen LogP contribution in [0.15, 0.2) is 0 Å². The first kappa shape index (κ1) is 22.9. The van der Waals surface area contributed by atoms with Crippen molar-refractivity contribution in [1.29, 1.82) is 0 Å². The fourth-order valence-corrected chi connectivity index (χ4v) is 3.58. The van der Waals surface area contributed by atoms with Gasteiger partial charge in [0, 0.05) is 26.1 Å². The molecule has 150 valence electrons. The van der Waals surface area contributed by atoms with E-state index in [1.54, 1.807) is 0 Å². The first-order valence-electron chi connectivity index (χ1n) is 9.23. The molecule has 1 aliphatic rings. The molecular weight excluding hydrogens is 358 g/mol. The summed E-state index contributed by atoms with van der Waals surface area (Å²) >= 11 is 0. The van der Waals surface area contributed by atoms with Gasteiger partial charge in [-0.15, -0.1) is 12.3 Å². The van der Waals surface area contributed by atoms with Gasteiger partial charge >= 0.3 is 5.97 Å². The summed E-state index contributed by atoms with van der Waals surface area (Å²) in [5, 5.41) is 0. The Kier molecular flexibility index (Phi) is 10.8. The molecule has 1 heterocycles. The van der Waals surface area contributed by atoms with Crippen LogP contribution in [-0.4, -0.2) is 68.5 Å². The summed E-state index contributed by atoms with van der Waals surface area (Å²) in [6, 6.07) is 0. The minimum Gasteiger partial charge on any atom is -0.748 e. The number of carbonyl (C=O) groups excluding carboxylic acids is 1. The molecule has 0 aromatic heterocycles. The predicted molar refractivity (Wildman–Crippen MR) is 97.4 cm³/mol. The summed E-state index contributed by atoms with van der Waals surface area (Å²) in [6.45, 7) is 4.58. The fraction of sp³-hybridized carbons (Fsp3) is 0.833. The smallest absolute Gasteiger partial charge is 0.310 e. The van der Waals surface area contributed by atoms with Crippen molar-refractivity contribution in [3.8, 4) is 12.3 Å². The Morgan fingerprint density at radius 3 is 2.58 bits per heavy atom. The molecule has 1 rings (SSSR count). The van der Waals surface area contributed by atoms with Gasteiger partial charge in [-0.3, -0.25) is 9.69 Å². The zero-order valence-corrected chi connectivity index (χ0v) is 16.3. The van der Waals surface area contributed by atoms with Gasteiger partial charge in [0.25, 0.3) is 0 Å². The SMILES string of the molecule is C#CCC(CCCCCC)C(=O)OC(CN1CCOCC1)CS(=O)(=O)[O-]. The summed E-state index contributed by atoms with van der Waals surface area (Å²) in [5.74, 6) is 0.785. The summed E-state index contributed by atoms with van der Waals surface area (Å²) in [6.07, 6.45) is 9.28. The molecule has 0 aromatic carbocycles. The van der Waals surface area contributed by atoms with E-state index in [0.29, 0.717) is 32.7 Å². The molecule has 0 amide bonds. The van der Waals surface area contributed by atoms with E-state index in [1.807, 2.05) is 4.90 Å². The van der Waals surface area contributed by atoms with Crippen molar-refractivity contribution in [3.05, 3.63) is 0 Å². The molecule has 0 saturated carbocycles. The number of nitrogens with zero attached hydrogens (tertiary/aromatic N) is 1. The fourth-order valence-electron chi connectivity index (χ4n) is 2.95. The number of terminal acetylenes is 1. The van der Waals surface area contributed by atoms with Crippen LogP contribution in [0.5, 0.6) is 0 Å². The first-order valence-corrected chi connectivity index (χ1v) is 10.8. The maximum Gasteiger partial charge on any atom is 0.310 e. The summed E-state index contributed by atoms with van der Waals surface area (Å²) in [7, 11) is -4.51. The summed E-state index contributed by atoms with van der Waals surface area (Å²) < 4.78 is 44.2. The van der Waals surface area contributed by atoms with Gasteiger partial charge in [0.2, 0.25) is 0 Å². The van der Waals surface area contributed by atoms with Crippen molar-refractivity contribution in [2.75, 3.05) is 38.6 Å². The van der Waals surface area contributed by atoms with Crippen LogP contribution >= 0.6 is 0 Å². The maximum atomic E-state index is 12.5. The highest BCUT2D eigenvalue weighted by Crippen LogP contribution is 2.17. The Balaban J connectivity index is 2.65. The third kappa shape index (κ3) is 10.1. The lowest BCUT2D eigenvalue weighted by molar-refractivity contribution is -0.154. The molecule has 0 spiro atoms. The van der Waals surface area contributed by atoms with Gasteiger partial charge in [-0.1, -0.05) is 32.6 Å². The molecule has 26 heavy (non-hydrogen) atoms. The van der Waals surface area contributed by atoms with Crippen LogP contribution in [0.1, 0.15) is 45.4 Å². The molecule has 0 aliphatic carbocycles. The number of unbranched alkanes of at least 4 members (excludes halogenated alkanes) is 3. The molecule has 1 saturated heterocycles. The van der Waals surface area contributed by atoms with E-state index in [2.05, 4.69) is 12.8 Å². The van der Waals surface area contributed by atoms with Crippen LogP contribution in [0.3, 0.4) is 0 Å². The van der Waals surface area contributed by atoms with E-state index in [4.69, 9.17) is 15.9 Å². The molecular formula is C18H30NO6S-. The van der Waals surface area contributed by atoms with Crippen molar-refractivity contribution >= 4 is 16.1 Å². The van der Waals surface area contributed by atoms with Gasteiger partial charge in [0.05, 0.1) is 35.0 Å². The van der Waals surface area contributed by atoms with Gasteiger partial charge in [0.15, 0.2) is 0 Å². The normalized spacial score (nSPS) is 18.0. The molecule has 7 nitrogen and oxygen atoms in total. The number of ether oxygens (including phenoxy) is 2. The lowest BCUT2D eigenvalue weighted by Crippen LogP contribution is -2.44. The molecule has 0 bridgehead atoms. The lowest BCUT2D eigenvalue weighted by atomic mass is 9.98. The minimum atomic E-state index is -4.51. The van der Waals surface area contributed by atoms with E-state index in [9.17, 15) is 17.8 Å². The standard InChI is InChI=1S/C18H31NO6S/c1-3-5-6-7-9-16(8-4-2)18(20)25-17(15-26(21,22)23)14-19-10-12-24-13-11-19/h2,16-17H,3,5-15H2,1H3,(H,21,22,23)/p-1. The topological polar surface area (TPSA) is 96.0 Å². The largest absolute Gasteiger partial charge is 0.748 e. The number of hydrogen-bond donors (Lipinski definition) is 0. The van der Waals surface area contributed by atoms with E-state index in [0.717, 1.165) is 25.7 Å². The number of carbonyl (C=O) groups is 1. The zero-order chi connectivity index (χ0) is 19.4. The van der Waals surface area contributed by atoms with Gasteiger partial charge < -0.3 is 14.0 Å². The second-order valence-corrected chi connectivity index (χ2v) is 8.10. The second-order valence-electron chi connectivity index (χ2n) is 6.65. The van der Waals surface area contributed by atoms with Crippen LogP contribution in [-0.2, 0) is 24.4 Å². The Hall–Kier alpha value is -1.14. The average molecular weight is 389 g/mol. The highest BCUT2D eigenvalue weighted by Gasteiger charge is 2.26. The molecule has 2 atom stereocenters. The highest BCUT2D eigenvalue weighted by atomic mass is 32.2. The zero-order valence-electron chi connectivity index (χ0n) is 15.5. The van der Waals surface area contributed by atoms with Crippen molar-refractivity contribution in [3.63, 3.8) is 0 Å². The number of morpholine rings is 1. The molecule has 0 N–H and O–H groups in total. The highest BCUT2D eigenvalue weighted by molar-refractivity contribution is 7.85. The Labute approximate surface area is 157 Å². The van der Waals surface area contributed by atoms with E-state index in [1.165, 1.54) is 0 Å². The second kappa shape index (κ2) is 12.3. The molecule has 1 aliphatic heterocycles. The maximum absolute atomic E-state index is 12.5. The van der Waals surface area contributed by atoms with Gasteiger partial charge in [-0.25, -0.2) is 8.42 Å².